The van der Waals surface area contributed by atoms with E-state index in [0.717, 1.165) is 12.1 Å². The second-order valence-corrected chi connectivity index (χ2v) is 5.21. The molecule has 134 valence electrons. The maximum absolute atomic E-state index is 12.8. The molecule has 7 nitrogen and oxygen atoms in total. The minimum absolute atomic E-state index is 0.00761. The van der Waals surface area contributed by atoms with Crippen LogP contribution in [0.1, 0.15) is 27.6 Å². The van der Waals surface area contributed by atoms with Gasteiger partial charge in [0, 0.05) is 11.8 Å². The standard InChI is InChI=1S/C16H11F3N4O3/c1-9-6-21-12(7-20-9)15(24)25-8-13-22-14(23-26-13)10-3-2-4-11(5-10)16(17,18)19/h2-7H,8H2,1H3. The Balaban J connectivity index is 1.68. The van der Waals surface area contributed by atoms with Gasteiger partial charge < -0.3 is 9.26 Å². The molecule has 0 spiro atoms. The molecule has 0 fully saturated rings. The van der Waals surface area contributed by atoms with Crippen LogP contribution < -0.4 is 0 Å². The van der Waals surface area contributed by atoms with Gasteiger partial charge >= 0.3 is 12.1 Å². The number of carbonyl (C=O) groups is 1. The Labute approximate surface area is 144 Å². The van der Waals surface area contributed by atoms with Gasteiger partial charge in [0.1, 0.15) is 0 Å². The third-order valence-corrected chi connectivity index (χ3v) is 3.23. The lowest BCUT2D eigenvalue weighted by atomic mass is 10.1. The monoisotopic (exact) mass is 364 g/mol. The van der Waals surface area contributed by atoms with Gasteiger partial charge in [-0.05, 0) is 19.1 Å². The number of halogens is 3. The van der Waals surface area contributed by atoms with Crippen LogP contribution in [0.4, 0.5) is 13.2 Å². The van der Waals surface area contributed by atoms with E-state index in [2.05, 4.69) is 20.1 Å². The molecule has 2 aromatic heterocycles. The van der Waals surface area contributed by atoms with Crippen LogP contribution in [0.15, 0.2) is 41.2 Å². The molecule has 0 amide bonds. The van der Waals surface area contributed by atoms with Crippen molar-refractivity contribution in [2.24, 2.45) is 0 Å². The molecule has 2 heterocycles. The molecule has 0 unspecified atom stereocenters. The lowest BCUT2D eigenvalue weighted by Gasteiger charge is -2.06. The van der Waals surface area contributed by atoms with Crippen molar-refractivity contribution in [2.75, 3.05) is 0 Å². The summed E-state index contributed by atoms with van der Waals surface area (Å²) in [6.45, 7) is 1.37. The van der Waals surface area contributed by atoms with Gasteiger partial charge in [0.05, 0.1) is 17.5 Å². The molecule has 0 bridgehead atoms. The highest BCUT2D eigenvalue weighted by Crippen LogP contribution is 2.31. The van der Waals surface area contributed by atoms with Crippen LogP contribution in [-0.2, 0) is 17.5 Å². The molecule has 0 radical (unpaired) electrons. The predicted octanol–water partition coefficient (Wildman–Crippen LogP) is 3.21. The maximum Gasteiger partial charge on any atom is 0.416 e. The van der Waals surface area contributed by atoms with Crippen LogP contribution in [-0.4, -0.2) is 26.1 Å². The number of carbonyl (C=O) groups excluding carboxylic acids is 1. The summed E-state index contributed by atoms with van der Waals surface area (Å²) in [7, 11) is 0. The average Bonchev–Trinajstić information content (AvgIpc) is 3.09. The van der Waals surface area contributed by atoms with Crippen LogP contribution in [0.25, 0.3) is 11.4 Å². The summed E-state index contributed by atoms with van der Waals surface area (Å²) in [5.74, 6) is -0.848. The zero-order chi connectivity index (χ0) is 18.7. The Bertz CT molecular complexity index is 923. The van der Waals surface area contributed by atoms with Gasteiger partial charge in [-0.15, -0.1) is 0 Å². The summed E-state index contributed by atoms with van der Waals surface area (Å²) in [5, 5.41) is 3.60. The van der Waals surface area contributed by atoms with Crippen LogP contribution in [0.3, 0.4) is 0 Å². The van der Waals surface area contributed by atoms with E-state index in [4.69, 9.17) is 9.26 Å². The lowest BCUT2D eigenvalue weighted by molar-refractivity contribution is -0.137. The summed E-state index contributed by atoms with van der Waals surface area (Å²) in [6, 6.07) is 4.50. The highest BCUT2D eigenvalue weighted by atomic mass is 19.4. The topological polar surface area (TPSA) is 91.0 Å². The van der Waals surface area contributed by atoms with E-state index in [1.807, 2.05) is 0 Å². The van der Waals surface area contributed by atoms with Crippen molar-refractivity contribution >= 4 is 5.97 Å². The van der Waals surface area contributed by atoms with Gasteiger partial charge in [0.15, 0.2) is 12.3 Å². The van der Waals surface area contributed by atoms with Crippen LogP contribution in [0.2, 0.25) is 0 Å². The summed E-state index contributed by atoms with van der Waals surface area (Å²) < 4.78 is 48.1. The smallest absolute Gasteiger partial charge is 0.416 e. The molecule has 10 heteroatoms. The summed E-state index contributed by atoms with van der Waals surface area (Å²) in [5.41, 5.74) is -0.0475. The summed E-state index contributed by atoms with van der Waals surface area (Å²) in [4.78, 5) is 23.5. The number of esters is 1. The molecule has 3 rings (SSSR count). The van der Waals surface area contributed by atoms with Crippen LogP contribution in [0.5, 0.6) is 0 Å². The van der Waals surface area contributed by atoms with Crippen molar-refractivity contribution in [1.82, 2.24) is 20.1 Å². The molecule has 0 saturated heterocycles. The first-order valence-corrected chi connectivity index (χ1v) is 7.29. The first kappa shape index (κ1) is 17.5. The Morgan fingerprint density at radius 1 is 1.23 bits per heavy atom. The largest absolute Gasteiger partial charge is 0.451 e. The molecule has 0 aliphatic rings. The Morgan fingerprint density at radius 2 is 2.04 bits per heavy atom. The van der Waals surface area contributed by atoms with E-state index in [9.17, 15) is 18.0 Å². The molecule has 0 aliphatic heterocycles. The molecule has 0 saturated carbocycles. The molecule has 0 N–H and O–H groups in total. The SMILES string of the molecule is Cc1cnc(C(=O)OCc2nc(-c3cccc(C(F)(F)F)c3)no2)cn1. The van der Waals surface area contributed by atoms with Crippen molar-refractivity contribution in [3.8, 4) is 11.4 Å². The van der Waals surface area contributed by atoms with Crippen LogP contribution in [0, 0.1) is 6.92 Å². The zero-order valence-corrected chi connectivity index (χ0v) is 13.3. The number of aryl methyl sites for hydroxylation is 1. The number of ether oxygens (including phenoxy) is 1. The molecule has 0 aliphatic carbocycles. The fraction of sp³-hybridized carbons (Fsp3) is 0.188. The molecule has 3 aromatic rings. The second-order valence-electron chi connectivity index (χ2n) is 5.21. The number of rotatable bonds is 4. The second kappa shape index (κ2) is 6.90. The van der Waals surface area contributed by atoms with Crippen molar-refractivity contribution in [3.63, 3.8) is 0 Å². The van der Waals surface area contributed by atoms with Crippen molar-refractivity contribution in [3.05, 3.63) is 59.5 Å². The van der Waals surface area contributed by atoms with E-state index >= 15 is 0 Å². The van der Waals surface area contributed by atoms with Gasteiger partial charge in [-0.3, -0.25) is 4.98 Å². The van der Waals surface area contributed by atoms with E-state index in [1.54, 1.807) is 6.92 Å². The van der Waals surface area contributed by atoms with Crippen LogP contribution >= 0.6 is 0 Å². The molecule has 1 aromatic carbocycles. The highest BCUT2D eigenvalue weighted by molar-refractivity contribution is 5.86. The van der Waals surface area contributed by atoms with E-state index in [0.29, 0.717) is 5.69 Å². The quantitative estimate of drug-likeness (QED) is 0.657. The fourth-order valence-corrected chi connectivity index (χ4v) is 1.96. The van der Waals surface area contributed by atoms with E-state index in [1.165, 1.54) is 24.5 Å². The zero-order valence-electron chi connectivity index (χ0n) is 13.3. The van der Waals surface area contributed by atoms with Crippen molar-refractivity contribution in [2.45, 2.75) is 19.7 Å². The first-order chi connectivity index (χ1) is 12.3. The third-order valence-electron chi connectivity index (χ3n) is 3.23. The number of hydrogen-bond donors (Lipinski definition) is 0. The van der Waals surface area contributed by atoms with Crippen molar-refractivity contribution < 1.29 is 27.2 Å². The van der Waals surface area contributed by atoms with E-state index < -0.39 is 17.7 Å². The average molecular weight is 364 g/mol. The van der Waals surface area contributed by atoms with E-state index in [-0.39, 0.29) is 29.6 Å². The summed E-state index contributed by atoms with van der Waals surface area (Å²) >= 11 is 0. The highest BCUT2D eigenvalue weighted by Gasteiger charge is 2.30. The number of nitrogens with zero attached hydrogens (tertiary/aromatic N) is 4. The number of hydrogen-bond acceptors (Lipinski definition) is 7. The first-order valence-electron chi connectivity index (χ1n) is 7.29. The Kier molecular flexibility index (Phi) is 4.65. The van der Waals surface area contributed by atoms with Crippen molar-refractivity contribution in [1.29, 1.82) is 0 Å². The van der Waals surface area contributed by atoms with Gasteiger partial charge in [-0.2, -0.15) is 18.2 Å². The Hall–Kier alpha value is -3.30. The number of aromatic nitrogens is 4. The van der Waals surface area contributed by atoms with Gasteiger partial charge in [0.2, 0.25) is 5.82 Å². The molecular formula is C16H11F3N4O3. The predicted molar refractivity (Wildman–Crippen MR) is 80.6 cm³/mol. The maximum atomic E-state index is 12.8. The normalized spacial score (nSPS) is 11.4. The molecule has 26 heavy (non-hydrogen) atoms. The summed E-state index contributed by atoms with van der Waals surface area (Å²) in [6.07, 6.45) is -1.80. The molecular weight excluding hydrogens is 353 g/mol. The molecule has 0 atom stereocenters. The minimum Gasteiger partial charge on any atom is -0.451 e. The lowest BCUT2D eigenvalue weighted by Crippen LogP contribution is -2.08. The van der Waals surface area contributed by atoms with Gasteiger partial charge in [-0.25, -0.2) is 9.78 Å². The minimum atomic E-state index is -4.48. The Morgan fingerprint density at radius 3 is 2.73 bits per heavy atom. The van der Waals surface area contributed by atoms with Gasteiger partial charge in [-0.1, -0.05) is 17.3 Å². The third kappa shape index (κ3) is 4.02. The number of alkyl halides is 3. The fourth-order valence-electron chi connectivity index (χ4n) is 1.96. The number of benzene rings is 1. The van der Waals surface area contributed by atoms with Gasteiger partial charge in [0.25, 0.3) is 5.89 Å².